The fourth-order valence-corrected chi connectivity index (χ4v) is 6.78. The van der Waals surface area contributed by atoms with Gasteiger partial charge in [0.25, 0.3) is 0 Å². The Morgan fingerprint density at radius 3 is 1.94 bits per heavy atom. The number of hydrogen-bond donors (Lipinski definition) is 5. The Bertz CT molecular complexity index is 1520. The van der Waals surface area contributed by atoms with Gasteiger partial charge in [0, 0.05) is 37.9 Å². The van der Waals surface area contributed by atoms with Crippen molar-refractivity contribution in [2.75, 3.05) is 43.7 Å². The lowest BCUT2D eigenvalue weighted by molar-refractivity contribution is -0.124. The third-order valence-corrected chi connectivity index (χ3v) is 10.1. The van der Waals surface area contributed by atoms with E-state index in [2.05, 4.69) is 45.8 Å². The standard InChI is InChI=1S/C29H43N3O5S2.C9H11FO/c1-38-30-18-24(19-31-39(2,36)37)7-3-5-23-11-15-27(16-12-23)32-28(17-29(32)35)26-13-9-22(10-14-26)6-4-8-25(20-33)21-34;1-2-9(11)7-3-5-8(10)6-4-7/h9-16,24-25,28,30-31,33-34H,3-8,17-21H2,1-2H3;3-6,9,11H,2H2,1H3. The number of aryl methyl sites for hydroxylation is 2. The first kappa shape index (κ1) is 41.6. The van der Waals surface area contributed by atoms with Crippen LogP contribution in [-0.2, 0) is 27.7 Å². The number of halogens is 1. The number of benzene rings is 3. The van der Waals surface area contributed by atoms with Crippen LogP contribution in [-0.4, -0.2) is 68.5 Å². The number of β-lactam (4-membered cyclic amide) rings is 1. The molecule has 50 heavy (non-hydrogen) atoms. The summed E-state index contributed by atoms with van der Waals surface area (Å²) in [5, 5.41) is 27.7. The van der Waals surface area contributed by atoms with Crippen molar-refractivity contribution in [3.63, 3.8) is 0 Å². The zero-order valence-electron chi connectivity index (χ0n) is 29.4. The minimum Gasteiger partial charge on any atom is -0.396 e. The van der Waals surface area contributed by atoms with E-state index in [1.165, 1.54) is 41.5 Å². The van der Waals surface area contributed by atoms with Crippen molar-refractivity contribution in [2.24, 2.45) is 11.8 Å². The van der Waals surface area contributed by atoms with E-state index in [0.29, 0.717) is 19.4 Å². The highest BCUT2D eigenvalue weighted by molar-refractivity contribution is 7.96. The van der Waals surface area contributed by atoms with E-state index in [-0.39, 0.29) is 42.8 Å². The van der Waals surface area contributed by atoms with Crippen LogP contribution >= 0.6 is 11.9 Å². The number of carbonyl (C=O) groups excluding carboxylic acids is 1. The van der Waals surface area contributed by atoms with Gasteiger partial charge in [-0.3, -0.25) is 9.52 Å². The summed E-state index contributed by atoms with van der Waals surface area (Å²) >= 11 is 1.53. The second-order valence-corrected chi connectivity index (χ2v) is 15.5. The SMILES string of the molecule is CCC(O)c1ccc(F)cc1.CSNCC(CCCc1ccc(N2C(=O)CC2c2ccc(CCCC(CO)CO)cc2)cc1)CNS(C)(=O)=O. The molecule has 0 aromatic heterocycles. The van der Waals surface area contributed by atoms with Gasteiger partial charge in [-0.1, -0.05) is 67.4 Å². The van der Waals surface area contributed by atoms with Gasteiger partial charge < -0.3 is 20.2 Å². The summed E-state index contributed by atoms with van der Waals surface area (Å²) in [6.07, 6.45) is 9.21. The molecule has 12 heteroatoms. The normalized spacial score (nSPS) is 15.7. The monoisotopic (exact) mass is 731 g/mol. The Labute approximate surface area is 301 Å². The summed E-state index contributed by atoms with van der Waals surface area (Å²) < 4.78 is 41.2. The van der Waals surface area contributed by atoms with Crippen LogP contribution in [0.3, 0.4) is 0 Å². The van der Waals surface area contributed by atoms with Gasteiger partial charge in [0.05, 0.1) is 24.8 Å². The molecule has 1 aliphatic rings. The number of anilines is 1. The summed E-state index contributed by atoms with van der Waals surface area (Å²) in [7, 11) is -3.20. The van der Waals surface area contributed by atoms with E-state index in [4.69, 9.17) is 0 Å². The summed E-state index contributed by atoms with van der Waals surface area (Å²) in [5.41, 5.74) is 5.22. The first-order valence-electron chi connectivity index (χ1n) is 17.3. The van der Waals surface area contributed by atoms with Crippen molar-refractivity contribution < 1.29 is 32.9 Å². The van der Waals surface area contributed by atoms with Gasteiger partial charge in [-0.2, -0.15) is 0 Å². The van der Waals surface area contributed by atoms with Gasteiger partial charge in [0.1, 0.15) is 5.82 Å². The number of nitrogens with one attached hydrogen (secondary N) is 2. The molecule has 0 radical (unpaired) electrons. The molecule has 3 aromatic rings. The Morgan fingerprint density at radius 1 is 0.880 bits per heavy atom. The largest absolute Gasteiger partial charge is 0.396 e. The number of nitrogens with zero attached hydrogens (tertiary/aromatic N) is 1. The van der Waals surface area contributed by atoms with Crippen molar-refractivity contribution in [1.82, 2.24) is 9.44 Å². The van der Waals surface area contributed by atoms with Crippen LogP contribution in [0.4, 0.5) is 10.1 Å². The zero-order chi connectivity index (χ0) is 36.5. The van der Waals surface area contributed by atoms with Gasteiger partial charge in [-0.15, -0.1) is 0 Å². The van der Waals surface area contributed by atoms with Crippen LogP contribution in [0.2, 0.25) is 0 Å². The Morgan fingerprint density at radius 2 is 1.44 bits per heavy atom. The predicted molar refractivity (Wildman–Crippen MR) is 201 cm³/mol. The third kappa shape index (κ3) is 14.1. The number of aliphatic hydroxyl groups is 3. The lowest BCUT2D eigenvalue weighted by Crippen LogP contribution is -2.46. The molecule has 3 aromatic carbocycles. The van der Waals surface area contributed by atoms with Crippen LogP contribution < -0.4 is 14.3 Å². The predicted octanol–water partition coefficient (Wildman–Crippen LogP) is 5.71. The van der Waals surface area contributed by atoms with E-state index >= 15 is 0 Å². The van der Waals surface area contributed by atoms with E-state index in [9.17, 15) is 32.9 Å². The molecule has 1 amide bonds. The molecule has 1 aliphatic heterocycles. The first-order valence-corrected chi connectivity index (χ1v) is 20.4. The van der Waals surface area contributed by atoms with E-state index < -0.39 is 16.1 Å². The summed E-state index contributed by atoms with van der Waals surface area (Å²) in [5.74, 6) is 0.0272. The number of amides is 1. The van der Waals surface area contributed by atoms with Crippen molar-refractivity contribution in [1.29, 1.82) is 0 Å². The average Bonchev–Trinajstić information content (AvgIpc) is 3.11. The summed E-state index contributed by atoms with van der Waals surface area (Å²) in [6.45, 7) is 3.09. The molecule has 3 atom stereocenters. The van der Waals surface area contributed by atoms with Crippen molar-refractivity contribution in [3.05, 3.63) is 101 Å². The highest BCUT2D eigenvalue weighted by Gasteiger charge is 2.38. The van der Waals surface area contributed by atoms with Gasteiger partial charge in [-0.05, 0) is 104 Å². The smallest absolute Gasteiger partial charge is 0.230 e. The molecular weight excluding hydrogens is 678 g/mol. The first-order chi connectivity index (χ1) is 24.0. The molecule has 9 nitrogen and oxygen atoms in total. The quantitative estimate of drug-likeness (QED) is 0.0736. The Balaban J connectivity index is 0.000000521. The molecular formula is C38H54FN3O6S2. The maximum Gasteiger partial charge on any atom is 0.230 e. The Hall–Kier alpha value is -2.84. The van der Waals surface area contributed by atoms with Crippen LogP contribution in [0, 0.1) is 17.7 Å². The minimum atomic E-state index is -3.20. The molecule has 1 heterocycles. The maximum absolute atomic E-state index is 12.5. The number of sulfonamides is 1. The minimum absolute atomic E-state index is 0.0174. The summed E-state index contributed by atoms with van der Waals surface area (Å²) in [6, 6.07) is 22.6. The molecule has 0 aliphatic carbocycles. The lowest BCUT2D eigenvalue weighted by Gasteiger charge is -2.41. The highest BCUT2D eigenvalue weighted by atomic mass is 32.2. The summed E-state index contributed by atoms with van der Waals surface area (Å²) in [4.78, 5) is 14.4. The molecule has 0 saturated carbocycles. The zero-order valence-corrected chi connectivity index (χ0v) is 31.1. The number of hydrogen-bond acceptors (Lipinski definition) is 8. The topological polar surface area (TPSA) is 139 Å². The molecule has 0 bridgehead atoms. The maximum atomic E-state index is 12.5. The number of rotatable bonds is 20. The van der Waals surface area contributed by atoms with Gasteiger partial charge in [-0.25, -0.2) is 17.5 Å². The number of aliphatic hydroxyl groups excluding tert-OH is 3. The van der Waals surface area contributed by atoms with E-state index in [0.717, 1.165) is 61.9 Å². The molecule has 1 fully saturated rings. The Kier molecular flexibility index (Phi) is 17.9. The van der Waals surface area contributed by atoms with Crippen molar-refractivity contribution in [2.45, 2.75) is 70.4 Å². The molecule has 3 unspecified atom stereocenters. The molecule has 0 spiro atoms. The van der Waals surface area contributed by atoms with Gasteiger partial charge in [0.2, 0.25) is 15.9 Å². The van der Waals surface area contributed by atoms with E-state index in [1.807, 2.05) is 30.2 Å². The van der Waals surface area contributed by atoms with Crippen LogP contribution in [0.5, 0.6) is 0 Å². The molecule has 4 rings (SSSR count). The second-order valence-electron chi connectivity index (χ2n) is 12.9. The van der Waals surface area contributed by atoms with Crippen LogP contribution in [0.25, 0.3) is 0 Å². The van der Waals surface area contributed by atoms with Gasteiger partial charge in [0.15, 0.2) is 0 Å². The molecule has 5 N–H and O–H groups in total. The average molecular weight is 732 g/mol. The van der Waals surface area contributed by atoms with Gasteiger partial charge >= 0.3 is 0 Å². The lowest BCUT2D eigenvalue weighted by atomic mass is 9.91. The molecule has 276 valence electrons. The van der Waals surface area contributed by atoms with Crippen molar-refractivity contribution >= 4 is 33.6 Å². The van der Waals surface area contributed by atoms with Crippen molar-refractivity contribution in [3.8, 4) is 0 Å². The highest BCUT2D eigenvalue weighted by Crippen LogP contribution is 2.39. The number of carbonyl (C=O) groups is 1. The van der Waals surface area contributed by atoms with Crippen LogP contribution in [0.15, 0.2) is 72.8 Å². The van der Waals surface area contributed by atoms with E-state index in [1.54, 1.807) is 12.1 Å². The fourth-order valence-electron chi connectivity index (χ4n) is 5.83. The fraction of sp³-hybridized carbons (Fsp3) is 0.500. The second kappa shape index (κ2) is 21.5. The third-order valence-electron chi connectivity index (χ3n) is 8.99. The molecule has 1 saturated heterocycles. The van der Waals surface area contributed by atoms with Crippen LogP contribution in [0.1, 0.15) is 79.8 Å².